The van der Waals surface area contributed by atoms with E-state index in [2.05, 4.69) is 0 Å². The average Bonchev–Trinajstić information content (AvgIpc) is 1.87. The predicted molar refractivity (Wildman–Crippen MR) is 48.9 cm³/mol. The van der Waals surface area contributed by atoms with Crippen molar-refractivity contribution in [3.8, 4) is 0 Å². The monoisotopic (exact) mass is 152 g/mol. The summed E-state index contributed by atoms with van der Waals surface area (Å²) in [7, 11) is 0. The number of carbonyl (C=O) groups is 1. The van der Waals surface area contributed by atoms with Crippen LogP contribution in [0, 0.1) is 0 Å². The van der Waals surface area contributed by atoms with Gasteiger partial charge in [0, 0.05) is 13.1 Å². The van der Waals surface area contributed by atoms with Gasteiger partial charge in [-0.15, -0.1) is 0 Å². The molecule has 0 unspecified atom stereocenters. The van der Waals surface area contributed by atoms with Gasteiger partial charge in [-0.2, -0.15) is 0 Å². The molecule has 0 atom stereocenters. The van der Waals surface area contributed by atoms with E-state index >= 15 is 0 Å². The molecule has 0 aliphatic heterocycles. The second-order valence-corrected chi connectivity index (χ2v) is 2.33. The van der Waals surface area contributed by atoms with Crippen molar-refractivity contribution >= 4 is 24.9 Å². The summed E-state index contributed by atoms with van der Waals surface area (Å²) >= 11 is 0. The number of hydrogen-bond donors (Lipinski definition) is 1. The molecule has 62 valence electrons. The summed E-state index contributed by atoms with van der Waals surface area (Å²) in [6.45, 7) is 5.63. The van der Waals surface area contributed by atoms with Gasteiger partial charge in [-0.3, -0.25) is 0 Å². The first-order valence-electron chi connectivity index (χ1n) is 3.76. The Labute approximate surface area is 80.5 Å². The third-order valence-corrected chi connectivity index (χ3v) is 1.30. The zero-order valence-electron chi connectivity index (χ0n) is 6.76. The Bertz CT molecular complexity index is 103. The van der Waals surface area contributed by atoms with Gasteiger partial charge in [0.25, 0.3) is 0 Å². The fourth-order valence-electron chi connectivity index (χ4n) is 0.872. The molecule has 0 aromatic carbocycles. The number of carbonyl (C=O) groups excluding carboxylic acids is 1. The fraction of sp³-hybridized carbons (Fsp3) is 0.857. The SMILES string of the molecule is CCCN(CCC)C(N)=O.[LiH]. The second-order valence-electron chi connectivity index (χ2n) is 2.33. The van der Waals surface area contributed by atoms with Crippen molar-refractivity contribution in [2.75, 3.05) is 13.1 Å². The van der Waals surface area contributed by atoms with Gasteiger partial charge in [-0.25, -0.2) is 4.79 Å². The molecule has 3 nitrogen and oxygen atoms in total. The third-order valence-electron chi connectivity index (χ3n) is 1.30. The van der Waals surface area contributed by atoms with Crippen LogP contribution in [0.3, 0.4) is 0 Å². The van der Waals surface area contributed by atoms with Gasteiger partial charge in [-0.1, -0.05) is 13.8 Å². The molecule has 0 aromatic heterocycles. The van der Waals surface area contributed by atoms with Crippen LogP contribution in [0.25, 0.3) is 0 Å². The van der Waals surface area contributed by atoms with E-state index in [1.807, 2.05) is 13.8 Å². The van der Waals surface area contributed by atoms with Crippen LogP contribution in [0.15, 0.2) is 0 Å². The Morgan fingerprint density at radius 2 is 1.64 bits per heavy atom. The summed E-state index contributed by atoms with van der Waals surface area (Å²) in [5, 5.41) is 0. The van der Waals surface area contributed by atoms with E-state index in [1.165, 1.54) is 0 Å². The fourth-order valence-corrected chi connectivity index (χ4v) is 0.872. The van der Waals surface area contributed by atoms with E-state index in [4.69, 9.17) is 5.73 Å². The molecule has 0 aromatic rings. The molecule has 11 heavy (non-hydrogen) atoms. The Morgan fingerprint density at radius 3 is 1.82 bits per heavy atom. The van der Waals surface area contributed by atoms with E-state index < -0.39 is 0 Å². The molecular weight excluding hydrogens is 135 g/mol. The number of amides is 2. The molecule has 0 rings (SSSR count). The summed E-state index contributed by atoms with van der Waals surface area (Å²) in [5.41, 5.74) is 5.10. The number of nitrogens with two attached hydrogens (primary N) is 1. The maximum absolute atomic E-state index is 10.6. The first kappa shape index (κ1) is 13.5. The summed E-state index contributed by atoms with van der Waals surface area (Å²) in [4.78, 5) is 12.3. The van der Waals surface area contributed by atoms with Gasteiger partial charge in [-0.05, 0) is 12.8 Å². The molecule has 0 saturated heterocycles. The van der Waals surface area contributed by atoms with Gasteiger partial charge in [0.05, 0.1) is 0 Å². The first-order valence-corrected chi connectivity index (χ1v) is 3.76. The minimum absolute atomic E-state index is 0. The molecule has 0 radical (unpaired) electrons. The van der Waals surface area contributed by atoms with Crippen LogP contribution in [-0.4, -0.2) is 42.9 Å². The van der Waals surface area contributed by atoms with E-state index in [0.29, 0.717) is 0 Å². The number of rotatable bonds is 4. The van der Waals surface area contributed by atoms with Crippen LogP contribution in [0.4, 0.5) is 4.79 Å². The molecule has 4 heteroatoms. The van der Waals surface area contributed by atoms with Crippen LogP contribution in [0.5, 0.6) is 0 Å². The van der Waals surface area contributed by atoms with Crippen LogP contribution in [0.1, 0.15) is 26.7 Å². The number of hydrogen-bond acceptors (Lipinski definition) is 1. The first-order chi connectivity index (χ1) is 4.72. The normalized spacial score (nSPS) is 8.55. The summed E-state index contributed by atoms with van der Waals surface area (Å²) in [6, 6.07) is -0.302. The number of urea groups is 1. The number of nitrogens with zero attached hydrogens (tertiary/aromatic N) is 1. The molecule has 2 N–H and O–H groups in total. The van der Waals surface area contributed by atoms with Crippen molar-refractivity contribution in [3.63, 3.8) is 0 Å². The van der Waals surface area contributed by atoms with Crippen LogP contribution < -0.4 is 5.73 Å². The Morgan fingerprint density at radius 1 is 1.27 bits per heavy atom. The van der Waals surface area contributed by atoms with Crippen molar-refractivity contribution in [2.45, 2.75) is 26.7 Å². The quantitative estimate of drug-likeness (QED) is 0.587. The molecule has 0 fully saturated rings. The van der Waals surface area contributed by atoms with Gasteiger partial charge in [0.1, 0.15) is 0 Å². The third kappa shape index (κ3) is 6.27. The molecule has 0 aliphatic rings. The van der Waals surface area contributed by atoms with Gasteiger partial charge >= 0.3 is 24.9 Å². The van der Waals surface area contributed by atoms with Crippen LogP contribution in [-0.2, 0) is 0 Å². The standard InChI is InChI=1S/C7H16N2O.Li.H/c1-3-5-9(6-4-2)7(8)10;;/h3-6H2,1-2H3,(H2,8,10);;. The topological polar surface area (TPSA) is 46.3 Å². The van der Waals surface area contributed by atoms with E-state index in [0.717, 1.165) is 25.9 Å². The minimum atomic E-state index is -0.302. The number of primary amides is 1. The zero-order chi connectivity index (χ0) is 7.98. The maximum atomic E-state index is 10.6. The molecule has 0 heterocycles. The van der Waals surface area contributed by atoms with Crippen molar-refractivity contribution in [3.05, 3.63) is 0 Å². The van der Waals surface area contributed by atoms with Crippen LogP contribution in [0.2, 0.25) is 0 Å². The second kappa shape index (κ2) is 7.97. The molecule has 0 saturated carbocycles. The van der Waals surface area contributed by atoms with Gasteiger partial charge in [0.2, 0.25) is 0 Å². The van der Waals surface area contributed by atoms with Crippen LogP contribution >= 0.6 is 0 Å². The molecule has 0 bridgehead atoms. The molecular formula is C7H17LiN2O. The van der Waals surface area contributed by atoms with E-state index in [9.17, 15) is 4.79 Å². The Balaban J connectivity index is 0. The zero-order valence-corrected chi connectivity index (χ0v) is 6.76. The predicted octanol–water partition coefficient (Wildman–Crippen LogP) is 0.539. The Kier molecular flexibility index (Phi) is 9.75. The summed E-state index contributed by atoms with van der Waals surface area (Å²) < 4.78 is 0. The average molecular weight is 152 g/mol. The Hall–Kier alpha value is -0.133. The molecule has 0 aliphatic carbocycles. The van der Waals surface area contributed by atoms with Crippen molar-refractivity contribution in [2.24, 2.45) is 5.73 Å². The van der Waals surface area contributed by atoms with Gasteiger partial charge in [0.15, 0.2) is 0 Å². The summed E-state index contributed by atoms with van der Waals surface area (Å²) in [6.07, 6.45) is 1.95. The van der Waals surface area contributed by atoms with E-state index in [-0.39, 0.29) is 24.9 Å². The van der Waals surface area contributed by atoms with E-state index in [1.54, 1.807) is 4.90 Å². The van der Waals surface area contributed by atoms with Crippen molar-refractivity contribution in [1.29, 1.82) is 0 Å². The molecule has 2 amide bonds. The van der Waals surface area contributed by atoms with Crippen molar-refractivity contribution < 1.29 is 4.79 Å². The molecule has 0 spiro atoms. The van der Waals surface area contributed by atoms with Crippen molar-refractivity contribution in [1.82, 2.24) is 4.90 Å². The summed E-state index contributed by atoms with van der Waals surface area (Å²) in [5.74, 6) is 0. The van der Waals surface area contributed by atoms with Gasteiger partial charge < -0.3 is 10.6 Å².